The number of aromatic nitrogens is 1. The Morgan fingerprint density at radius 1 is 1.41 bits per heavy atom. The molecular weight excluding hydrogens is 218 g/mol. The first-order valence-corrected chi connectivity index (χ1v) is 5.11. The highest BCUT2D eigenvalue weighted by Gasteiger charge is 2.16. The zero-order valence-corrected chi connectivity index (χ0v) is 10.1. The van der Waals surface area contributed by atoms with Gasteiger partial charge < -0.3 is 9.67 Å². The van der Waals surface area contributed by atoms with E-state index >= 15 is 0 Å². The van der Waals surface area contributed by atoms with E-state index in [0.29, 0.717) is 0 Å². The van der Waals surface area contributed by atoms with Crippen molar-refractivity contribution in [3.63, 3.8) is 0 Å². The molecule has 0 bridgehead atoms. The van der Waals surface area contributed by atoms with Crippen molar-refractivity contribution in [1.29, 1.82) is 0 Å². The molecule has 1 aromatic rings. The van der Waals surface area contributed by atoms with E-state index in [4.69, 9.17) is 5.11 Å². The molecule has 1 heterocycles. The van der Waals surface area contributed by atoms with Crippen LogP contribution in [-0.2, 0) is 4.79 Å². The Morgan fingerprint density at radius 2 is 1.94 bits per heavy atom. The van der Waals surface area contributed by atoms with E-state index < -0.39 is 5.97 Å². The fourth-order valence-corrected chi connectivity index (χ4v) is 1.58. The predicted molar refractivity (Wildman–Crippen MR) is 68.5 cm³/mol. The van der Waals surface area contributed by atoms with Gasteiger partial charge in [-0.15, -0.1) is 0 Å². The Balaban J connectivity index is 3.57. The third-order valence-electron chi connectivity index (χ3n) is 2.31. The molecule has 0 aromatic carbocycles. The maximum Gasteiger partial charge on any atom is 0.358 e. The van der Waals surface area contributed by atoms with E-state index in [0.717, 1.165) is 11.4 Å². The average molecular weight is 233 g/mol. The van der Waals surface area contributed by atoms with Gasteiger partial charge in [0.2, 0.25) is 0 Å². The maximum absolute atomic E-state index is 11.1. The first kappa shape index (κ1) is 12.9. The molecule has 0 aliphatic heterocycles. The van der Waals surface area contributed by atoms with E-state index in [9.17, 15) is 4.79 Å². The summed E-state index contributed by atoms with van der Waals surface area (Å²) < 4.78 is 1.73. The molecule has 5 heteroatoms. The number of carboxylic acids is 1. The molecule has 0 saturated heterocycles. The second kappa shape index (κ2) is 5.25. The van der Waals surface area contributed by atoms with Crippen LogP contribution in [0.1, 0.15) is 18.3 Å². The SMILES string of the molecule is C=N/C(C(=O)O)=C(\N=CC)n1c(C)ccc1C. The molecule has 0 amide bonds. The van der Waals surface area contributed by atoms with Crippen LogP contribution in [-0.4, -0.2) is 28.6 Å². The van der Waals surface area contributed by atoms with E-state index in [2.05, 4.69) is 16.7 Å². The normalized spacial score (nSPS) is 12.6. The van der Waals surface area contributed by atoms with Gasteiger partial charge in [-0.2, -0.15) is 0 Å². The van der Waals surface area contributed by atoms with Crippen LogP contribution in [0.15, 0.2) is 27.8 Å². The largest absolute Gasteiger partial charge is 0.476 e. The minimum atomic E-state index is -1.15. The summed E-state index contributed by atoms with van der Waals surface area (Å²) in [4.78, 5) is 18.7. The lowest BCUT2D eigenvalue weighted by molar-refractivity contribution is -0.132. The topological polar surface area (TPSA) is 66.9 Å². The number of carbonyl (C=O) groups is 1. The van der Waals surface area contributed by atoms with E-state index in [1.165, 1.54) is 6.21 Å². The molecule has 0 aliphatic rings. The molecule has 0 atom stereocenters. The summed E-state index contributed by atoms with van der Waals surface area (Å²) in [7, 11) is 0. The summed E-state index contributed by atoms with van der Waals surface area (Å²) in [6, 6.07) is 3.78. The maximum atomic E-state index is 11.1. The number of aryl methyl sites for hydroxylation is 2. The number of hydrogen-bond donors (Lipinski definition) is 1. The third-order valence-corrected chi connectivity index (χ3v) is 2.31. The van der Waals surface area contributed by atoms with Crippen molar-refractivity contribution in [2.24, 2.45) is 9.98 Å². The van der Waals surface area contributed by atoms with Gasteiger partial charge in [-0.1, -0.05) is 0 Å². The van der Waals surface area contributed by atoms with Crippen molar-refractivity contribution < 1.29 is 9.90 Å². The van der Waals surface area contributed by atoms with Gasteiger partial charge in [-0.25, -0.2) is 9.79 Å². The Kier molecular flexibility index (Phi) is 3.98. The molecule has 0 unspecified atom stereocenters. The molecule has 0 radical (unpaired) electrons. The summed E-state index contributed by atoms with van der Waals surface area (Å²) in [6.45, 7) is 8.75. The lowest BCUT2D eigenvalue weighted by Gasteiger charge is -2.11. The molecule has 17 heavy (non-hydrogen) atoms. The van der Waals surface area contributed by atoms with Crippen LogP contribution in [0.4, 0.5) is 0 Å². The van der Waals surface area contributed by atoms with Gasteiger partial charge in [0.15, 0.2) is 11.5 Å². The van der Waals surface area contributed by atoms with Crippen LogP contribution in [0.2, 0.25) is 0 Å². The standard InChI is InChI=1S/C12H15N3O2/c1-5-14-11(10(13-4)12(16)17)15-8(2)6-7-9(15)3/h5-7H,4H2,1-3H3,(H,16,17)/b11-10+,14-5?. The molecule has 5 nitrogen and oxygen atoms in total. The van der Waals surface area contributed by atoms with Crippen molar-refractivity contribution >= 4 is 24.7 Å². The van der Waals surface area contributed by atoms with Gasteiger partial charge in [0.05, 0.1) is 0 Å². The highest BCUT2D eigenvalue weighted by molar-refractivity contribution is 5.94. The first-order valence-electron chi connectivity index (χ1n) is 5.11. The summed E-state index contributed by atoms with van der Waals surface area (Å²) in [5.74, 6) is -0.872. The number of nitrogens with zero attached hydrogens (tertiary/aromatic N) is 3. The Morgan fingerprint density at radius 3 is 2.29 bits per heavy atom. The highest BCUT2D eigenvalue weighted by atomic mass is 16.4. The van der Waals surface area contributed by atoms with Gasteiger partial charge in [0, 0.05) is 17.6 Å². The second-order valence-electron chi connectivity index (χ2n) is 3.47. The van der Waals surface area contributed by atoms with Gasteiger partial charge in [-0.05, 0) is 39.6 Å². The van der Waals surface area contributed by atoms with Crippen LogP contribution in [0, 0.1) is 13.8 Å². The molecule has 0 fully saturated rings. The number of aliphatic imine (C=N–C) groups is 2. The minimum Gasteiger partial charge on any atom is -0.476 e. The lowest BCUT2D eigenvalue weighted by Crippen LogP contribution is -2.08. The first-order chi connectivity index (χ1) is 8.02. The fourth-order valence-electron chi connectivity index (χ4n) is 1.58. The highest BCUT2D eigenvalue weighted by Crippen LogP contribution is 2.20. The number of carboxylic acid groups (broad SMARTS) is 1. The Hall–Kier alpha value is -2.17. The zero-order valence-electron chi connectivity index (χ0n) is 10.1. The van der Waals surface area contributed by atoms with Gasteiger partial charge in [0.25, 0.3) is 0 Å². The molecule has 90 valence electrons. The average Bonchev–Trinajstić information content (AvgIpc) is 2.58. The Labute approximate surface area is 99.8 Å². The fraction of sp³-hybridized carbons (Fsp3) is 0.250. The predicted octanol–water partition coefficient (Wildman–Crippen LogP) is 2.11. The third kappa shape index (κ3) is 2.50. The smallest absolute Gasteiger partial charge is 0.358 e. The molecule has 0 aliphatic carbocycles. The molecular formula is C12H15N3O2. The zero-order chi connectivity index (χ0) is 13.0. The lowest BCUT2D eigenvalue weighted by atomic mass is 10.4. The second-order valence-corrected chi connectivity index (χ2v) is 3.47. The molecule has 0 saturated carbocycles. The number of aliphatic carboxylic acids is 1. The van der Waals surface area contributed by atoms with Crippen molar-refractivity contribution in [3.8, 4) is 0 Å². The van der Waals surface area contributed by atoms with Crippen molar-refractivity contribution in [2.75, 3.05) is 0 Å². The summed E-state index contributed by atoms with van der Waals surface area (Å²) in [6.07, 6.45) is 1.53. The van der Waals surface area contributed by atoms with Crippen molar-refractivity contribution in [1.82, 2.24) is 4.57 Å². The summed E-state index contributed by atoms with van der Waals surface area (Å²) in [5, 5.41) is 9.07. The van der Waals surface area contributed by atoms with E-state index in [-0.39, 0.29) is 11.5 Å². The van der Waals surface area contributed by atoms with Gasteiger partial charge >= 0.3 is 5.97 Å². The van der Waals surface area contributed by atoms with Gasteiger partial charge in [0.1, 0.15) is 0 Å². The molecule has 0 spiro atoms. The number of rotatable bonds is 4. The molecule has 1 rings (SSSR count). The number of hydrogen-bond acceptors (Lipinski definition) is 3. The molecule has 1 N–H and O–H groups in total. The van der Waals surface area contributed by atoms with Crippen LogP contribution in [0.5, 0.6) is 0 Å². The van der Waals surface area contributed by atoms with Crippen molar-refractivity contribution in [3.05, 3.63) is 29.2 Å². The molecule has 1 aromatic heterocycles. The van der Waals surface area contributed by atoms with Crippen LogP contribution in [0.25, 0.3) is 5.82 Å². The van der Waals surface area contributed by atoms with E-state index in [1.807, 2.05) is 26.0 Å². The van der Waals surface area contributed by atoms with Gasteiger partial charge in [-0.3, -0.25) is 4.99 Å². The quantitative estimate of drug-likeness (QED) is 0.639. The van der Waals surface area contributed by atoms with Crippen LogP contribution >= 0.6 is 0 Å². The minimum absolute atomic E-state index is 0.162. The van der Waals surface area contributed by atoms with Crippen LogP contribution < -0.4 is 0 Å². The Bertz CT molecular complexity index is 490. The summed E-state index contributed by atoms with van der Waals surface area (Å²) >= 11 is 0. The summed E-state index contributed by atoms with van der Waals surface area (Å²) in [5.41, 5.74) is 1.63. The van der Waals surface area contributed by atoms with E-state index in [1.54, 1.807) is 11.5 Å². The van der Waals surface area contributed by atoms with Crippen LogP contribution in [0.3, 0.4) is 0 Å². The monoisotopic (exact) mass is 233 g/mol. The van der Waals surface area contributed by atoms with Crippen molar-refractivity contribution in [2.45, 2.75) is 20.8 Å².